The number of benzene rings is 1. The van der Waals surface area contributed by atoms with E-state index in [4.69, 9.17) is 10.7 Å². The summed E-state index contributed by atoms with van der Waals surface area (Å²) >= 11 is 0. The summed E-state index contributed by atoms with van der Waals surface area (Å²) in [6, 6.07) is 7.31. The molecular formula is C17H19N5O. The highest BCUT2D eigenvalue weighted by molar-refractivity contribution is 6.11. The molecule has 0 fully saturated rings. The smallest absolute Gasteiger partial charge is 0.248 e. The molecule has 1 aromatic carbocycles. The molecule has 0 spiro atoms. The highest BCUT2D eigenvalue weighted by Gasteiger charge is 2.13. The Labute approximate surface area is 134 Å². The van der Waals surface area contributed by atoms with E-state index in [-0.39, 0.29) is 0 Å². The van der Waals surface area contributed by atoms with E-state index < -0.39 is 5.91 Å². The first-order valence-electron chi connectivity index (χ1n) is 7.45. The van der Waals surface area contributed by atoms with Gasteiger partial charge in [-0.05, 0) is 25.2 Å². The molecule has 0 atom stereocenters. The zero-order chi connectivity index (χ0) is 16.4. The van der Waals surface area contributed by atoms with Crippen LogP contribution >= 0.6 is 0 Å². The maximum atomic E-state index is 11.4. The summed E-state index contributed by atoms with van der Waals surface area (Å²) in [6.45, 7) is 1.67. The first-order valence-corrected chi connectivity index (χ1v) is 7.45. The number of nitrogens with one attached hydrogen (secondary N) is 1. The van der Waals surface area contributed by atoms with Gasteiger partial charge in [0.2, 0.25) is 5.91 Å². The standard InChI is InChI=1S/C17H19N5O/c1-19-7-8-22(2)17-13-5-6-20-10-14(13)12-4-3-11(16(18)23)9-15(12)21-17/h3-6,9-10,19H,7-8H2,1-2H3,(H2,18,23). The molecule has 2 aromatic heterocycles. The van der Waals surface area contributed by atoms with Gasteiger partial charge in [0.05, 0.1) is 5.52 Å². The summed E-state index contributed by atoms with van der Waals surface area (Å²) in [5.74, 6) is 0.414. The van der Waals surface area contributed by atoms with Crippen LogP contribution in [0.5, 0.6) is 0 Å². The lowest BCUT2D eigenvalue weighted by atomic mass is 10.1. The molecule has 3 aromatic rings. The molecule has 0 radical (unpaired) electrons. The van der Waals surface area contributed by atoms with Crippen LogP contribution in [0.4, 0.5) is 5.82 Å². The van der Waals surface area contributed by atoms with Crippen molar-refractivity contribution in [3.05, 3.63) is 42.2 Å². The Morgan fingerprint density at radius 1 is 1.26 bits per heavy atom. The maximum Gasteiger partial charge on any atom is 0.248 e. The second-order valence-corrected chi connectivity index (χ2v) is 5.48. The van der Waals surface area contributed by atoms with Gasteiger partial charge in [0, 0.05) is 54.3 Å². The third-order valence-electron chi connectivity index (χ3n) is 3.92. The molecule has 23 heavy (non-hydrogen) atoms. The maximum absolute atomic E-state index is 11.4. The zero-order valence-corrected chi connectivity index (χ0v) is 13.2. The van der Waals surface area contributed by atoms with Crippen molar-refractivity contribution >= 4 is 33.4 Å². The van der Waals surface area contributed by atoms with E-state index in [9.17, 15) is 4.79 Å². The fourth-order valence-electron chi connectivity index (χ4n) is 2.66. The molecule has 2 heterocycles. The van der Waals surface area contributed by atoms with Crippen LogP contribution in [0.2, 0.25) is 0 Å². The number of hydrogen-bond acceptors (Lipinski definition) is 5. The van der Waals surface area contributed by atoms with Gasteiger partial charge in [0.1, 0.15) is 5.82 Å². The molecule has 0 saturated heterocycles. The fourth-order valence-corrected chi connectivity index (χ4v) is 2.66. The van der Waals surface area contributed by atoms with Crippen molar-refractivity contribution < 1.29 is 4.79 Å². The minimum atomic E-state index is -0.454. The van der Waals surface area contributed by atoms with Crippen molar-refractivity contribution in [1.82, 2.24) is 15.3 Å². The van der Waals surface area contributed by atoms with Gasteiger partial charge < -0.3 is 16.0 Å². The van der Waals surface area contributed by atoms with E-state index in [1.54, 1.807) is 18.3 Å². The zero-order valence-electron chi connectivity index (χ0n) is 13.2. The summed E-state index contributed by atoms with van der Waals surface area (Å²) in [4.78, 5) is 22.5. The summed E-state index contributed by atoms with van der Waals surface area (Å²) in [7, 11) is 3.92. The van der Waals surface area contributed by atoms with Crippen LogP contribution in [-0.2, 0) is 0 Å². The Bertz CT molecular complexity index is 877. The summed E-state index contributed by atoms with van der Waals surface area (Å²) in [6.07, 6.45) is 3.60. The number of carbonyl (C=O) groups is 1. The lowest BCUT2D eigenvalue weighted by Crippen LogP contribution is -2.27. The predicted octanol–water partition coefficient (Wildman–Crippen LogP) is 1.54. The second-order valence-electron chi connectivity index (χ2n) is 5.48. The highest BCUT2D eigenvalue weighted by Crippen LogP contribution is 2.30. The lowest BCUT2D eigenvalue weighted by Gasteiger charge is -2.20. The van der Waals surface area contributed by atoms with Crippen LogP contribution in [0.3, 0.4) is 0 Å². The van der Waals surface area contributed by atoms with Crippen LogP contribution in [0.1, 0.15) is 10.4 Å². The predicted molar refractivity (Wildman–Crippen MR) is 92.8 cm³/mol. The average Bonchev–Trinajstić information content (AvgIpc) is 2.58. The number of amides is 1. The van der Waals surface area contributed by atoms with Gasteiger partial charge in [-0.15, -0.1) is 0 Å². The van der Waals surface area contributed by atoms with Crippen molar-refractivity contribution in [2.24, 2.45) is 5.73 Å². The van der Waals surface area contributed by atoms with Crippen molar-refractivity contribution in [2.75, 3.05) is 32.1 Å². The molecular weight excluding hydrogens is 290 g/mol. The van der Waals surface area contributed by atoms with Crippen molar-refractivity contribution in [3.63, 3.8) is 0 Å². The van der Waals surface area contributed by atoms with Crippen LogP contribution in [-0.4, -0.2) is 43.1 Å². The molecule has 3 rings (SSSR count). The van der Waals surface area contributed by atoms with E-state index >= 15 is 0 Å². The Balaban J connectivity index is 2.25. The summed E-state index contributed by atoms with van der Waals surface area (Å²) in [5, 5.41) is 6.15. The number of aromatic nitrogens is 2. The molecule has 6 nitrogen and oxygen atoms in total. The van der Waals surface area contributed by atoms with Crippen LogP contribution < -0.4 is 16.0 Å². The lowest BCUT2D eigenvalue weighted by molar-refractivity contribution is 0.100. The minimum absolute atomic E-state index is 0.454. The summed E-state index contributed by atoms with van der Waals surface area (Å²) < 4.78 is 0. The number of anilines is 1. The van der Waals surface area contributed by atoms with Crippen molar-refractivity contribution in [1.29, 1.82) is 0 Å². The van der Waals surface area contributed by atoms with Gasteiger partial charge in [0.15, 0.2) is 0 Å². The summed E-state index contributed by atoms with van der Waals surface area (Å²) in [5.41, 5.74) is 6.58. The second kappa shape index (κ2) is 6.18. The number of nitrogens with two attached hydrogens (primary N) is 1. The number of nitrogens with zero attached hydrogens (tertiary/aromatic N) is 3. The van der Waals surface area contributed by atoms with Crippen molar-refractivity contribution in [2.45, 2.75) is 0 Å². The number of fused-ring (bicyclic) bond motifs is 3. The minimum Gasteiger partial charge on any atom is -0.366 e. The molecule has 3 N–H and O–H groups in total. The van der Waals surface area contributed by atoms with E-state index in [0.29, 0.717) is 5.56 Å². The van der Waals surface area contributed by atoms with Crippen LogP contribution in [0, 0.1) is 0 Å². The molecule has 0 saturated carbocycles. The van der Waals surface area contributed by atoms with Gasteiger partial charge in [0.25, 0.3) is 0 Å². The van der Waals surface area contributed by atoms with E-state index in [0.717, 1.165) is 40.6 Å². The van der Waals surface area contributed by atoms with Gasteiger partial charge >= 0.3 is 0 Å². The number of primary amides is 1. The number of rotatable bonds is 5. The quantitative estimate of drug-likeness (QED) is 0.698. The third kappa shape index (κ3) is 2.80. The molecule has 1 amide bonds. The third-order valence-corrected chi connectivity index (χ3v) is 3.92. The topological polar surface area (TPSA) is 84.1 Å². The molecule has 0 aliphatic carbocycles. The van der Waals surface area contributed by atoms with E-state index in [2.05, 4.69) is 15.2 Å². The average molecular weight is 309 g/mol. The SMILES string of the molecule is CNCCN(C)c1nc2cc(C(N)=O)ccc2c2cnccc12. The Hall–Kier alpha value is -2.73. The number of carbonyl (C=O) groups excluding carboxylic acids is 1. The monoisotopic (exact) mass is 309 g/mol. The normalized spacial score (nSPS) is 11.0. The van der Waals surface area contributed by atoms with Gasteiger partial charge in [-0.2, -0.15) is 0 Å². The number of pyridine rings is 2. The van der Waals surface area contributed by atoms with Gasteiger partial charge in [-0.25, -0.2) is 4.98 Å². The molecule has 118 valence electrons. The highest BCUT2D eigenvalue weighted by atomic mass is 16.1. The Kier molecular flexibility index (Phi) is 4.08. The molecule has 0 aliphatic heterocycles. The van der Waals surface area contributed by atoms with Gasteiger partial charge in [-0.1, -0.05) is 6.07 Å². The molecule has 6 heteroatoms. The number of likely N-dealkylation sites (N-methyl/N-ethyl adjacent to an activating group) is 2. The number of hydrogen-bond donors (Lipinski definition) is 2. The molecule has 0 unspecified atom stereocenters. The van der Waals surface area contributed by atoms with Crippen molar-refractivity contribution in [3.8, 4) is 0 Å². The fraction of sp³-hybridized carbons (Fsp3) is 0.235. The van der Waals surface area contributed by atoms with Crippen LogP contribution in [0.25, 0.3) is 21.7 Å². The first kappa shape index (κ1) is 15.2. The van der Waals surface area contributed by atoms with Crippen LogP contribution in [0.15, 0.2) is 36.7 Å². The largest absolute Gasteiger partial charge is 0.366 e. The Morgan fingerprint density at radius 3 is 2.83 bits per heavy atom. The molecule has 0 bridgehead atoms. The van der Waals surface area contributed by atoms with E-state index in [1.807, 2.05) is 32.4 Å². The van der Waals surface area contributed by atoms with E-state index in [1.165, 1.54) is 0 Å². The molecule has 0 aliphatic rings. The first-order chi connectivity index (χ1) is 11.1. The van der Waals surface area contributed by atoms with Gasteiger partial charge in [-0.3, -0.25) is 9.78 Å². The Morgan fingerprint density at radius 2 is 2.09 bits per heavy atom.